The molecule has 1 unspecified atom stereocenters. The molecule has 1 aromatic carbocycles. The highest BCUT2D eigenvalue weighted by Gasteiger charge is 2.43. The number of carbonyl (C=O) groups is 2. The second-order valence-electron chi connectivity index (χ2n) is 6.29. The van der Waals surface area contributed by atoms with Crippen LogP contribution in [0.4, 0.5) is 5.69 Å². The molecule has 24 heavy (non-hydrogen) atoms. The molecule has 1 saturated carbocycles. The van der Waals surface area contributed by atoms with E-state index in [-0.39, 0.29) is 12.6 Å². The molecule has 1 aliphatic carbocycles. The number of ether oxygens (including phenoxy) is 2. The Balaban J connectivity index is 1.48. The van der Waals surface area contributed by atoms with Crippen molar-refractivity contribution in [2.45, 2.75) is 44.5 Å². The molecule has 2 amide bonds. The van der Waals surface area contributed by atoms with E-state index < -0.39 is 17.6 Å². The lowest BCUT2D eigenvalue weighted by Gasteiger charge is -2.21. The summed E-state index contributed by atoms with van der Waals surface area (Å²) in [5, 5.41) is 5.66. The molecule has 6 nitrogen and oxygen atoms in total. The van der Waals surface area contributed by atoms with Crippen LogP contribution in [0.5, 0.6) is 0 Å². The van der Waals surface area contributed by atoms with Gasteiger partial charge in [-0.05, 0) is 37.5 Å². The molecule has 130 valence electrons. The summed E-state index contributed by atoms with van der Waals surface area (Å²) in [6, 6.07) is 5.11. The Morgan fingerprint density at radius 2 is 2.04 bits per heavy atom. The second kappa shape index (κ2) is 7.09. The predicted molar refractivity (Wildman–Crippen MR) is 89.9 cm³/mol. The molecular formula is C17H21ClN2O4. The smallest absolute Gasteiger partial charge is 0.313 e. The monoisotopic (exact) mass is 352 g/mol. The molecule has 2 aliphatic rings. The molecule has 3 rings (SSSR count). The van der Waals surface area contributed by atoms with Crippen molar-refractivity contribution in [2.75, 3.05) is 18.5 Å². The van der Waals surface area contributed by atoms with E-state index in [1.165, 1.54) is 0 Å². The normalized spacial score (nSPS) is 21.8. The largest absolute Gasteiger partial charge is 0.347 e. The van der Waals surface area contributed by atoms with Crippen LogP contribution in [-0.4, -0.2) is 36.9 Å². The van der Waals surface area contributed by atoms with Crippen LogP contribution in [0, 0.1) is 6.92 Å². The number of benzene rings is 1. The van der Waals surface area contributed by atoms with Gasteiger partial charge < -0.3 is 20.1 Å². The van der Waals surface area contributed by atoms with Gasteiger partial charge in [-0.1, -0.05) is 17.7 Å². The highest BCUT2D eigenvalue weighted by Crippen LogP contribution is 2.38. The van der Waals surface area contributed by atoms with Crippen LogP contribution < -0.4 is 10.6 Å². The molecule has 2 N–H and O–H groups in total. The predicted octanol–water partition coefficient (Wildman–Crippen LogP) is 2.39. The molecule has 0 aromatic heterocycles. The van der Waals surface area contributed by atoms with Gasteiger partial charge in [-0.2, -0.15) is 0 Å². The van der Waals surface area contributed by atoms with Gasteiger partial charge in [-0.3, -0.25) is 9.59 Å². The van der Waals surface area contributed by atoms with Gasteiger partial charge in [-0.25, -0.2) is 0 Å². The maximum Gasteiger partial charge on any atom is 0.313 e. The average Bonchev–Trinajstić information content (AvgIpc) is 3.18. The van der Waals surface area contributed by atoms with Crippen molar-refractivity contribution in [1.82, 2.24) is 5.32 Å². The van der Waals surface area contributed by atoms with E-state index in [1.807, 2.05) is 6.92 Å². The van der Waals surface area contributed by atoms with Gasteiger partial charge in [0, 0.05) is 30.1 Å². The fraction of sp³-hybridized carbons (Fsp3) is 0.529. The van der Waals surface area contributed by atoms with Gasteiger partial charge in [0.05, 0.1) is 6.61 Å². The molecular weight excluding hydrogens is 332 g/mol. The first-order valence-electron chi connectivity index (χ1n) is 8.15. The van der Waals surface area contributed by atoms with Crippen LogP contribution in [0.15, 0.2) is 18.2 Å². The van der Waals surface area contributed by atoms with E-state index >= 15 is 0 Å². The number of rotatable bonds is 3. The van der Waals surface area contributed by atoms with E-state index in [4.69, 9.17) is 21.1 Å². The summed E-state index contributed by atoms with van der Waals surface area (Å²) in [5.74, 6) is -1.89. The summed E-state index contributed by atoms with van der Waals surface area (Å²) in [6.07, 6.45) is 3.77. The maximum absolute atomic E-state index is 12.0. The van der Waals surface area contributed by atoms with Crippen molar-refractivity contribution in [1.29, 1.82) is 0 Å². The molecule has 2 fully saturated rings. The van der Waals surface area contributed by atoms with Gasteiger partial charge >= 0.3 is 11.8 Å². The van der Waals surface area contributed by atoms with Crippen LogP contribution in [-0.2, 0) is 19.1 Å². The number of carbonyl (C=O) groups excluding carboxylic acids is 2. The van der Waals surface area contributed by atoms with Crippen molar-refractivity contribution >= 4 is 29.1 Å². The lowest BCUT2D eigenvalue weighted by Crippen LogP contribution is -2.40. The van der Waals surface area contributed by atoms with E-state index in [1.54, 1.807) is 18.2 Å². The molecule has 0 radical (unpaired) electrons. The SMILES string of the molecule is Cc1ccc(Cl)cc1NC(=O)C(=O)NCC1COC2(CCCC2)O1. The number of halogens is 1. The molecule has 1 aromatic rings. The molecule has 1 saturated heterocycles. The zero-order chi connectivity index (χ0) is 17.2. The molecule has 0 bridgehead atoms. The lowest BCUT2D eigenvalue weighted by molar-refractivity contribution is -0.161. The Hall–Kier alpha value is -1.63. The third-order valence-electron chi connectivity index (χ3n) is 4.42. The quantitative estimate of drug-likeness (QED) is 0.819. The number of aryl methyl sites for hydroxylation is 1. The number of hydrogen-bond acceptors (Lipinski definition) is 4. The lowest BCUT2D eigenvalue weighted by atomic mass is 10.2. The minimum absolute atomic E-state index is 0.215. The summed E-state index contributed by atoms with van der Waals surface area (Å²) in [4.78, 5) is 24.0. The average molecular weight is 353 g/mol. The van der Waals surface area contributed by atoms with Crippen LogP contribution in [0.2, 0.25) is 5.02 Å². The van der Waals surface area contributed by atoms with Gasteiger partial charge in [0.25, 0.3) is 0 Å². The van der Waals surface area contributed by atoms with Crippen molar-refractivity contribution in [3.8, 4) is 0 Å². The van der Waals surface area contributed by atoms with Crippen LogP contribution >= 0.6 is 11.6 Å². The van der Waals surface area contributed by atoms with Crippen molar-refractivity contribution < 1.29 is 19.1 Å². The fourth-order valence-electron chi connectivity index (χ4n) is 3.09. The number of amides is 2. The fourth-order valence-corrected chi connectivity index (χ4v) is 3.26. The first kappa shape index (κ1) is 17.2. The number of anilines is 1. The Morgan fingerprint density at radius 3 is 2.79 bits per heavy atom. The van der Waals surface area contributed by atoms with Crippen molar-refractivity contribution in [3.63, 3.8) is 0 Å². The number of nitrogens with one attached hydrogen (secondary N) is 2. The Labute approximate surface area is 145 Å². The van der Waals surface area contributed by atoms with E-state index in [0.717, 1.165) is 31.2 Å². The molecule has 1 heterocycles. The van der Waals surface area contributed by atoms with E-state index in [2.05, 4.69) is 10.6 Å². The van der Waals surface area contributed by atoms with Crippen molar-refractivity contribution in [2.24, 2.45) is 0 Å². The van der Waals surface area contributed by atoms with Gasteiger partial charge in [0.2, 0.25) is 0 Å². The van der Waals surface area contributed by atoms with Crippen LogP contribution in [0.1, 0.15) is 31.2 Å². The molecule has 1 atom stereocenters. The minimum Gasteiger partial charge on any atom is -0.347 e. The molecule has 7 heteroatoms. The summed E-state index contributed by atoms with van der Waals surface area (Å²) >= 11 is 5.90. The van der Waals surface area contributed by atoms with Crippen molar-refractivity contribution in [3.05, 3.63) is 28.8 Å². The third kappa shape index (κ3) is 3.88. The number of hydrogen-bond donors (Lipinski definition) is 2. The van der Waals surface area contributed by atoms with Gasteiger partial charge in [0.1, 0.15) is 6.10 Å². The third-order valence-corrected chi connectivity index (χ3v) is 4.66. The zero-order valence-electron chi connectivity index (χ0n) is 13.6. The minimum atomic E-state index is -0.727. The summed E-state index contributed by atoms with van der Waals surface area (Å²) < 4.78 is 11.6. The van der Waals surface area contributed by atoms with Gasteiger partial charge in [-0.15, -0.1) is 0 Å². The zero-order valence-corrected chi connectivity index (χ0v) is 14.3. The second-order valence-corrected chi connectivity index (χ2v) is 6.73. The Morgan fingerprint density at radius 1 is 1.29 bits per heavy atom. The molecule has 1 aliphatic heterocycles. The first-order chi connectivity index (χ1) is 11.5. The summed E-state index contributed by atoms with van der Waals surface area (Å²) in [6.45, 7) is 2.52. The summed E-state index contributed by atoms with van der Waals surface area (Å²) in [7, 11) is 0. The maximum atomic E-state index is 12.0. The summed E-state index contributed by atoms with van der Waals surface area (Å²) in [5.41, 5.74) is 1.35. The van der Waals surface area contributed by atoms with Crippen LogP contribution in [0.3, 0.4) is 0 Å². The highest BCUT2D eigenvalue weighted by molar-refractivity contribution is 6.40. The van der Waals surface area contributed by atoms with Crippen LogP contribution in [0.25, 0.3) is 0 Å². The molecule has 1 spiro atoms. The Bertz CT molecular complexity index is 643. The van der Waals surface area contributed by atoms with E-state index in [9.17, 15) is 9.59 Å². The van der Waals surface area contributed by atoms with Gasteiger partial charge in [0.15, 0.2) is 5.79 Å². The Kier molecular flexibility index (Phi) is 5.08. The highest BCUT2D eigenvalue weighted by atomic mass is 35.5. The standard InChI is InChI=1S/C17H21ClN2O4/c1-11-4-5-12(18)8-14(11)20-16(22)15(21)19-9-13-10-23-17(24-13)6-2-3-7-17/h4-5,8,13H,2-3,6-7,9-10H2,1H3,(H,19,21)(H,20,22). The topological polar surface area (TPSA) is 76.7 Å². The first-order valence-corrected chi connectivity index (χ1v) is 8.52. The van der Waals surface area contributed by atoms with E-state index in [0.29, 0.717) is 17.3 Å².